The molecule has 0 spiro atoms. The molecule has 0 heterocycles. The van der Waals surface area contributed by atoms with Gasteiger partial charge in [-0.1, -0.05) is 44.8 Å². The van der Waals surface area contributed by atoms with E-state index in [4.69, 9.17) is 9.47 Å². The fourth-order valence-corrected chi connectivity index (χ4v) is 2.54. The van der Waals surface area contributed by atoms with Crippen LogP contribution in [-0.2, 0) is 9.47 Å². The van der Waals surface area contributed by atoms with Crippen LogP contribution in [0.2, 0.25) is 0 Å². The standard InChI is InChI=1S/C18H32O2/c1-6-14(2)15(3)12-13-16(4)19-17(5)20-18-10-8-7-9-11-18/h12-14,17-18H,6-11H2,1-5H3. The van der Waals surface area contributed by atoms with Crippen LogP contribution in [0.15, 0.2) is 23.5 Å². The van der Waals surface area contributed by atoms with E-state index in [0.29, 0.717) is 12.0 Å². The average molecular weight is 280 g/mol. The van der Waals surface area contributed by atoms with Crippen molar-refractivity contribution in [3.05, 3.63) is 23.5 Å². The summed E-state index contributed by atoms with van der Waals surface area (Å²) in [5.41, 5.74) is 1.40. The van der Waals surface area contributed by atoms with E-state index in [1.54, 1.807) is 0 Å². The Bertz CT molecular complexity index is 324. The van der Waals surface area contributed by atoms with Crippen molar-refractivity contribution in [1.82, 2.24) is 0 Å². The Kier molecular flexibility index (Phi) is 7.98. The molecule has 1 saturated carbocycles. The molecule has 2 atom stereocenters. The highest BCUT2D eigenvalue weighted by atomic mass is 16.7. The number of allylic oxidation sites excluding steroid dienone is 4. The Balaban J connectivity index is 2.37. The van der Waals surface area contributed by atoms with Gasteiger partial charge in [0.25, 0.3) is 0 Å². The lowest BCUT2D eigenvalue weighted by Crippen LogP contribution is -2.23. The molecule has 0 N–H and O–H groups in total. The van der Waals surface area contributed by atoms with Gasteiger partial charge in [0.2, 0.25) is 0 Å². The first-order valence-corrected chi connectivity index (χ1v) is 8.20. The summed E-state index contributed by atoms with van der Waals surface area (Å²) >= 11 is 0. The van der Waals surface area contributed by atoms with E-state index >= 15 is 0 Å². The summed E-state index contributed by atoms with van der Waals surface area (Å²) in [5.74, 6) is 1.56. The molecule has 0 radical (unpaired) electrons. The van der Waals surface area contributed by atoms with Crippen LogP contribution in [0.4, 0.5) is 0 Å². The van der Waals surface area contributed by atoms with E-state index in [1.807, 2.05) is 13.8 Å². The van der Waals surface area contributed by atoms with Gasteiger partial charge in [-0.2, -0.15) is 0 Å². The Hall–Kier alpha value is -0.760. The highest BCUT2D eigenvalue weighted by Crippen LogP contribution is 2.22. The molecule has 2 unspecified atom stereocenters. The van der Waals surface area contributed by atoms with Crippen LogP contribution in [0.25, 0.3) is 0 Å². The summed E-state index contributed by atoms with van der Waals surface area (Å²) in [6.45, 7) is 10.7. The Labute approximate surface area is 125 Å². The molecular weight excluding hydrogens is 248 g/mol. The van der Waals surface area contributed by atoms with Crippen LogP contribution in [-0.4, -0.2) is 12.4 Å². The van der Waals surface area contributed by atoms with Gasteiger partial charge in [0, 0.05) is 0 Å². The minimum absolute atomic E-state index is 0.147. The Morgan fingerprint density at radius 3 is 2.35 bits per heavy atom. The first-order valence-electron chi connectivity index (χ1n) is 8.20. The molecule has 0 saturated heterocycles. The molecule has 1 rings (SSSR count). The van der Waals surface area contributed by atoms with Crippen molar-refractivity contribution in [3.8, 4) is 0 Å². The normalized spacial score (nSPS) is 21.6. The number of ether oxygens (including phenoxy) is 2. The average Bonchev–Trinajstić information content (AvgIpc) is 2.44. The third kappa shape index (κ3) is 6.60. The zero-order valence-corrected chi connectivity index (χ0v) is 13.9. The number of hydrogen-bond donors (Lipinski definition) is 0. The number of hydrogen-bond acceptors (Lipinski definition) is 2. The largest absolute Gasteiger partial charge is 0.470 e. The van der Waals surface area contributed by atoms with E-state index < -0.39 is 0 Å². The molecule has 2 heteroatoms. The van der Waals surface area contributed by atoms with Crippen molar-refractivity contribution in [3.63, 3.8) is 0 Å². The first kappa shape index (κ1) is 17.3. The molecule has 2 nitrogen and oxygen atoms in total. The zero-order valence-electron chi connectivity index (χ0n) is 13.9. The van der Waals surface area contributed by atoms with Crippen LogP contribution in [0.1, 0.15) is 73.1 Å². The molecule has 0 aromatic rings. The molecule has 116 valence electrons. The molecule has 0 aromatic carbocycles. The van der Waals surface area contributed by atoms with Gasteiger partial charge in [-0.05, 0) is 52.0 Å². The zero-order chi connectivity index (χ0) is 15.0. The van der Waals surface area contributed by atoms with E-state index in [9.17, 15) is 0 Å². The molecule has 20 heavy (non-hydrogen) atoms. The fraction of sp³-hybridized carbons (Fsp3) is 0.778. The summed E-state index contributed by atoms with van der Waals surface area (Å²) < 4.78 is 11.8. The molecule has 0 amide bonds. The molecule has 1 fully saturated rings. The SMILES string of the molecule is CCC(C)C(C)=CC=C(C)OC(C)OC1CCCCC1. The van der Waals surface area contributed by atoms with Crippen LogP contribution in [0.5, 0.6) is 0 Å². The maximum Gasteiger partial charge on any atom is 0.196 e. The van der Waals surface area contributed by atoms with Gasteiger partial charge in [-0.15, -0.1) is 0 Å². The number of rotatable bonds is 7. The van der Waals surface area contributed by atoms with Crippen molar-refractivity contribution in [2.24, 2.45) is 5.92 Å². The monoisotopic (exact) mass is 280 g/mol. The van der Waals surface area contributed by atoms with Gasteiger partial charge >= 0.3 is 0 Å². The van der Waals surface area contributed by atoms with Crippen LogP contribution >= 0.6 is 0 Å². The molecule has 0 bridgehead atoms. The van der Waals surface area contributed by atoms with Crippen molar-refractivity contribution in [2.45, 2.75) is 85.5 Å². The summed E-state index contributed by atoms with van der Waals surface area (Å²) in [7, 11) is 0. The van der Waals surface area contributed by atoms with Crippen LogP contribution in [0, 0.1) is 5.92 Å². The third-order valence-electron chi connectivity index (χ3n) is 4.26. The van der Waals surface area contributed by atoms with Crippen molar-refractivity contribution >= 4 is 0 Å². The Morgan fingerprint density at radius 2 is 1.75 bits per heavy atom. The second-order valence-electron chi connectivity index (χ2n) is 6.08. The fourth-order valence-electron chi connectivity index (χ4n) is 2.54. The summed E-state index contributed by atoms with van der Waals surface area (Å²) in [4.78, 5) is 0. The van der Waals surface area contributed by atoms with Crippen LogP contribution < -0.4 is 0 Å². The van der Waals surface area contributed by atoms with Crippen molar-refractivity contribution in [1.29, 1.82) is 0 Å². The lowest BCUT2D eigenvalue weighted by atomic mass is 9.98. The molecule has 0 aromatic heterocycles. The van der Waals surface area contributed by atoms with Gasteiger partial charge in [0.05, 0.1) is 11.9 Å². The van der Waals surface area contributed by atoms with E-state index in [0.717, 1.165) is 5.76 Å². The third-order valence-corrected chi connectivity index (χ3v) is 4.26. The maximum absolute atomic E-state index is 5.95. The predicted octanol–water partition coefficient (Wildman–Crippen LogP) is 5.59. The van der Waals surface area contributed by atoms with Crippen LogP contribution in [0.3, 0.4) is 0 Å². The van der Waals surface area contributed by atoms with Crippen molar-refractivity contribution in [2.75, 3.05) is 0 Å². The highest BCUT2D eigenvalue weighted by molar-refractivity contribution is 5.14. The van der Waals surface area contributed by atoms with Gasteiger partial charge in [-0.3, -0.25) is 0 Å². The lowest BCUT2D eigenvalue weighted by molar-refractivity contribution is -0.144. The molecule has 1 aliphatic rings. The second kappa shape index (κ2) is 9.23. The van der Waals surface area contributed by atoms with E-state index in [1.165, 1.54) is 44.1 Å². The highest BCUT2D eigenvalue weighted by Gasteiger charge is 2.17. The van der Waals surface area contributed by atoms with E-state index in [-0.39, 0.29) is 6.29 Å². The van der Waals surface area contributed by atoms with Gasteiger partial charge in [0.15, 0.2) is 6.29 Å². The second-order valence-corrected chi connectivity index (χ2v) is 6.08. The first-order chi connectivity index (χ1) is 9.52. The molecular formula is C18H32O2. The maximum atomic E-state index is 5.95. The van der Waals surface area contributed by atoms with Crippen molar-refractivity contribution < 1.29 is 9.47 Å². The quantitative estimate of drug-likeness (QED) is 0.343. The molecule has 1 aliphatic carbocycles. The van der Waals surface area contributed by atoms with Gasteiger partial charge in [-0.25, -0.2) is 0 Å². The summed E-state index contributed by atoms with van der Waals surface area (Å²) in [6.07, 6.45) is 12.0. The smallest absolute Gasteiger partial charge is 0.196 e. The summed E-state index contributed by atoms with van der Waals surface area (Å²) in [6, 6.07) is 0. The van der Waals surface area contributed by atoms with Gasteiger partial charge < -0.3 is 9.47 Å². The topological polar surface area (TPSA) is 18.5 Å². The summed E-state index contributed by atoms with van der Waals surface area (Å²) in [5, 5.41) is 0. The minimum Gasteiger partial charge on any atom is -0.470 e. The van der Waals surface area contributed by atoms with Gasteiger partial charge in [0.1, 0.15) is 0 Å². The Morgan fingerprint density at radius 1 is 1.10 bits per heavy atom. The predicted molar refractivity (Wildman–Crippen MR) is 85.5 cm³/mol. The molecule has 0 aliphatic heterocycles. The lowest BCUT2D eigenvalue weighted by Gasteiger charge is -2.26. The van der Waals surface area contributed by atoms with E-state index in [2.05, 4.69) is 32.9 Å². The minimum atomic E-state index is -0.147.